The molecule has 0 aromatic heterocycles. The van der Waals surface area contributed by atoms with Gasteiger partial charge in [-0.1, -0.05) is 0 Å². The van der Waals surface area contributed by atoms with Crippen LogP contribution in [0.25, 0.3) is 0 Å². The van der Waals surface area contributed by atoms with Crippen LogP contribution in [0.1, 0.15) is 13.8 Å². The number of carbonyl (C=O) groups excluding carboxylic acids is 1. The Kier molecular flexibility index (Phi) is 40.2. The van der Waals surface area contributed by atoms with Crippen molar-refractivity contribution in [1.29, 1.82) is 0 Å². The molecule has 0 radical (unpaired) electrons. The summed E-state index contributed by atoms with van der Waals surface area (Å²) in [6, 6.07) is 0. The first-order valence-electron chi connectivity index (χ1n) is 2.03. The number of carbonyl (C=O) groups is 1. The van der Waals surface area contributed by atoms with Crippen molar-refractivity contribution >= 4 is 6.16 Å². The summed E-state index contributed by atoms with van der Waals surface area (Å²) in [6.07, 6.45) is -2.50. The van der Waals surface area contributed by atoms with Crippen molar-refractivity contribution in [3.05, 3.63) is 0 Å². The molecule has 0 aliphatic carbocycles. The van der Waals surface area contributed by atoms with Gasteiger partial charge in [-0.2, -0.15) is 0 Å². The van der Waals surface area contributed by atoms with Crippen molar-refractivity contribution in [3.8, 4) is 0 Å². The molecule has 6 heteroatoms. The maximum absolute atomic E-state index is 8.33. The Labute approximate surface area is 145 Å². The van der Waals surface area contributed by atoms with Gasteiger partial charge in [0.25, 0.3) is 0 Å². The van der Waals surface area contributed by atoms with E-state index in [-0.39, 0.29) is 109 Å². The van der Waals surface area contributed by atoms with Gasteiger partial charge in [-0.3, -0.25) is 0 Å². The van der Waals surface area contributed by atoms with Gasteiger partial charge in [0.15, 0.2) is 0 Å². The van der Waals surface area contributed by atoms with Gasteiger partial charge < -0.3 is 20.1 Å². The van der Waals surface area contributed by atoms with Crippen LogP contribution in [0.15, 0.2) is 0 Å². The van der Waals surface area contributed by atoms with Gasteiger partial charge in [0, 0.05) is 6.10 Å². The molecule has 50 valence electrons. The van der Waals surface area contributed by atoms with E-state index in [1.54, 1.807) is 13.8 Å². The Morgan fingerprint density at radius 2 is 1.30 bits per heavy atom. The summed E-state index contributed by atoms with van der Waals surface area (Å²) in [4.78, 5) is 8.33. The summed E-state index contributed by atoms with van der Waals surface area (Å²) in [6.45, 7) is 3.44. The number of aliphatic hydroxyl groups excluding tert-OH is 1. The Morgan fingerprint density at radius 1 is 1.30 bits per heavy atom. The van der Waals surface area contributed by atoms with Crippen molar-refractivity contribution in [2.45, 2.75) is 20.0 Å². The SMILES string of the molecule is CC(C)O.O=C([O-])[O-].[K+].[K+]. The normalized spacial score (nSPS) is 6.00. The molecule has 4 nitrogen and oxygen atoms in total. The molecule has 0 spiro atoms. The van der Waals surface area contributed by atoms with E-state index in [1.807, 2.05) is 0 Å². The molecule has 0 aliphatic heterocycles. The fourth-order valence-corrected chi connectivity index (χ4v) is 0. The van der Waals surface area contributed by atoms with E-state index in [1.165, 1.54) is 0 Å². The van der Waals surface area contributed by atoms with E-state index in [0.717, 1.165) is 0 Å². The van der Waals surface area contributed by atoms with Crippen molar-refractivity contribution in [1.82, 2.24) is 0 Å². The summed E-state index contributed by atoms with van der Waals surface area (Å²) >= 11 is 0. The molecule has 0 unspecified atom stereocenters. The van der Waals surface area contributed by atoms with E-state index in [2.05, 4.69) is 0 Å². The Hall–Kier alpha value is 2.50. The molecular formula is C4H8K2O4. The molecule has 10 heavy (non-hydrogen) atoms. The topological polar surface area (TPSA) is 83.4 Å². The monoisotopic (exact) mass is 198 g/mol. The maximum atomic E-state index is 8.33. The molecule has 0 saturated carbocycles. The quantitative estimate of drug-likeness (QED) is 0.392. The number of hydrogen-bond acceptors (Lipinski definition) is 4. The van der Waals surface area contributed by atoms with Gasteiger partial charge in [-0.05, 0) is 20.0 Å². The molecule has 0 aliphatic rings. The smallest absolute Gasteiger partial charge is 0.652 e. The summed E-state index contributed by atoms with van der Waals surface area (Å²) in [5.74, 6) is 0. The molecule has 0 bridgehead atoms. The first kappa shape index (κ1) is 22.9. The average Bonchev–Trinajstić information content (AvgIpc) is 1.25. The van der Waals surface area contributed by atoms with Crippen LogP contribution in [0.4, 0.5) is 4.79 Å². The van der Waals surface area contributed by atoms with Crippen LogP contribution in [-0.4, -0.2) is 17.4 Å². The van der Waals surface area contributed by atoms with Crippen LogP contribution in [0.3, 0.4) is 0 Å². The third-order valence-corrected chi connectivity index (χ3v) is 0. The van der Waals surface area contributed by atoms with E-state index in [9.17, 15) is 0 Å². The number of hydrogen-bond donors (Lipinski definition) is 1. The predicted molar refractivity (Wildman–Crippen MR) is 22.8 cm³/mol. The second-order valence-electron chi connectivity index (χ2n) is 1.34. The number of carboxylic acid groups (broad SMARTS) is 2. The molecule has 0 heterocycles. The third kappa shape index (κ3) is 151. The zero-order valence-corrected chi connectivity index (χ0v) is 13.0. The second-order valence-corrected chi connectivity index (χ2v) is 1.34. The van der Waals surface area contributed by atoms with Crippen LogP contribution in [0.2, 0.25) is 0 Å². The summed E-state index contributed by atoms with van der Waals surface area (Å²) in [5, 5.41) is 24.7. The summed E-state index contributed by atoms with van der Waals surface area (Å²) in [7, 11) is 0. The molecule has 0 aromatic carbocycles. The van der Waals surface area contributed by atoms with Gasteiger partial charge in [-0.25, -0.2) is 0 Å². The molecule has 0 aromatic rings. The number of aliphatic hydroxyl groups is 1. The fraction of sp³-hybridized carbons (Fsp3) is 0.750. The zero-order chi connectivity index (χ0) is 7.15. The molecule has 0 amide bonds. The van der Waals surface area contributed by atoms with Crippen molar-refractivity contribution in [2.24, 2.45) is 0 Å². The fourth-order valence-electron chi connectivity index (χ4n) is 0. The largest absolute Gasteiger partial charge is 1.00 e. The Morgan fingerprint density at radius 3 is 1.30 bits per heavy atom. The minimum absolute atomic E-state index is 0. The van der Waals surface area contributed by atoms with Crippen LogP contribution in [-0.2, 0) is 0 Å². The van der Waals surface area contributed by atoms with Gasteiger partial charge in [0.1, 0.15) is 0 Å². The first-order valence-corrected chi connectivity index (χ1v) is 2.03. The van der Waals surface area contributed by atoms with Gasteiger partial charge in [-0.15, -0.1) is 0 Å². The van der Waals surface area contributed by atoms with Gasteiger partial charge in [0.2, 0.25) is 0 Å². The Balaban J connectivity index is -0.0000000300. The average molecular weight is 198 g/mol. The van der Waals surface area contributed by atoms with Gasteiger partial charge in [0.05, 0.1) is 0 Å². The van der Waals surface area contributed by atoms with Crippen LogP contribution in [0.5, 0.6) is 0 Å². The summed E-state index contributed by atoms with van der Waals surface area (Å²) < 4.78 is 0. The molecule has 0 atom stereocenters. The van der Waals surface area contributed by atoms with E-state index >= 15 is 0 Å². The van der Waals surface area contributed by atoms with E-state index in [0.29, 0.717) is 0 Å². The minimum Gasteiger partial charge on any atom is -0.652 e. The Bertz CT molecular complexity index is 59.5. The third-order valence-electron chi connectivity index (χ3n) is 0. The van der Waals surface area contributed by atoms with Crippen LogP contribution < -0.4 is 113 Å². The molecule has 0 rings (SSSR count). The molecule has 0 fully saturated rings. The van der Waals surface area contributed by atoms with Crippen molar-refractivity contribution < 1.29 is 123 Å². The van der Waals surface area contributed by atoms with Crippen LogP contribution >= 0.6 is 0 Å². The molecular weight excluding hydrogens is 190 g/mol. The molecule has 0 saturated heterocycles. The second kappa shape index (κ2) is 17.6. The maximum Gasteiger partial charge on any atom is 1.00 e. The van der Waals surface area contributed by atoms with Crippen molar-refractivity contribution in [2.75, 3.05) is 0 Å². The van der Waals surface area contributed by atoms with Gasteiger partial charge >= 0.3 is 103 Å². The molecule has 1 N–H and O–H groups in total. The zero-order valence-electron chi connectivity index (χ0n) is 6.75. The standard InChI is InChI=1S/C3H8O.CH2O3.2K/c1-3(2)4;2-1(3)4;;/h3-4H,1-2H3;(H2,2,3,4);;/q;;2*+1/p-2. The van der Waals surface area contributed by atoms with Crippen molar-refractivity contribution in [3.63, 3.8) is 0 Å². The van der Waals surface area contributed by atoms with E-state index in [4.69, 9.17) is 20.1 Å². The predicted octanol–water partition coefficient (Wildman–Crippen LogP) is -8.05. The number of rotatable bonds is 0. The summed E-state index contributed by atoms with van der Waals surface area (Å²) in [5.41, 5.74) is 0. The minimum atomic E-state index is -2.33. The van der Waals surface area contributed by atoms with E-state index < -0.39 is 6.16 Å². The first-order chi connectivity index (χ1) is 3.46. The van der Waals surface area contributed by atoms with Crippen LogP contribution in [0, 0.1) is 0 Å².